The Morgan fingerprint density at radius 2 is 1.70 bits per heavy atom. The number of carbonyl (C=O) groups excluding carboxylic acids is 2. The highest BCUT2D eigenvalue weighted by Gasteiger charge is 2.34. The van der Waals surface area contributed by atoms with E-state index in [9.17, 15) is 27.2 Å². The molecule has 2 heterocycles. The van der Waals surface area contributed by atoms with Crippen molar-refractivity contribution in [2.45, 2.75) is 13.5 Å². The van der Waals surface area contributed by atoms with Crippen molar-refractivity contribution in [2.24, 2.45) is 0 Å². The predicted octanol–water partition coefficient (Wildman–Crippen LogP) is 5.60. The number of urea groups is 1. The second-order valence-electron chi connectivity index (χ2n) is 10.1. The fraction of sp³-hybridized carbons (Fsp3) is 0.200. The molecule has 0 saturated heterocycles. The molecule has 222 valence electrons. The second-order valence-corrected chi connectivity index (χ2v) is 10.1. The third-order valence-corrected chi connectivity index (χ3v) is 6.70. The lowest BCUT2D eigenvalue weighted by Crippen LogP contribution is -2.43. The first kappa shape index (κ1) is 29.5. The third-order valence-electron chi connectivity index (χ3n) is 6.70. The van der Waals surface area contributed by atoms with E-state index in [2.05, 4.69) is 25.9 Å². The molecule has 0 atom stereocenters. The first-order valence-electron chi connectivity index (χ1n) is 13.2. The lowest BCUT2D eigenvalue weighted by molar-refractivity contribution is 0.102. The molecule has 0 radical (unpaired) electrons. The normalized spacial score (nSPS) is 12.7. The summed E-state index contributed by atoms with van der Waals surface area (Å²) in [5.41, 5.74) is 1.30. The Bertz CT molecular complexity index is 1690. The van der Waals surface area contributed by atoms with Crippen LogP contribution in [-0.4, -0.2) is 54.0 Å². The zero-order valence-electron chi connectivity index (χ0n) is 23.4. The summed E-state index contributed by atoms with van der Waals surface area (Å²) >= 11 is 0. The summed E-state index contributed by atoms with van der Waals surface area (Å²) in [6, 6.07) is 9.89. The van der Waals surface area contributed by atoms with Crippen LogP contribution >= 0.6 is 0 Å². The maximum atomic E-state index is 14.9. The first-order valence-corrected chi connectivity index (χ1v) is 13.2. The third kappa shape index (κ3) is 6.26. The fourth-order valence-electron chi connectivity index (χ4n) is 4.61. The molecule has 3 amide bonds. The van der Waals surface area contributed by atoms with E-state index in [4.69, 9.17) is 0 Å². The van der Waals surface area contributed by atoms with Gasteiger partial charge < -0.3 is 20.9 Å². The zero-order valence-corrected chi connectivity index (χ0v) is 23.4. The molecule has 0 fully saturated rings. The van der Waals surface area contributed by atoms with Gasteiger partial charge in [0, 0.05) is 41.5 Å². The molecule has 3 N–H and O–H groups in total. The average molecular weight is 594 g/mol. The number of carbonyl (C=O) groups is 2. The smallest absolute Gasteiger partial charge is 0.328 e. The maximum absolute atomic E-state index is 14.9. The molecule has 5 rings (SSSR count). The van der Waals surface area contributed by atoms with Gasteiger partial charge in [-0.3, -0.25) is 4.79 Å². The highest BCUT2D eigenvalue weighted by molar-refractivity contribution is 6.05. The number of anilines is 4. The number of fused-ring (bicyclic) bond motifs is 1. The Morgan fingerprint density at radius 3 is 2.37 bits per heavy atom. The number of para-hydroxylation sites is 1. The number of rotatable bonds is 8. The number of benzene rings is 3. The van der Waals surface area contributed by atoms with Crippen LogP contribution in [0.3, 0.4) is 0 Å². The standard InChI is InChI=1S/C30H27F4N7O2/c1-16-7-8-17(28(42)37-20-13-18(31)12-19(32)14-20)11-21(16)25-22-15-36-30(43)41(26-23(33)5-4-6-24(26)34)27(22)39-29(38-25)35-9-10-40(2)3/h4-8,11-14H,9-10,15H2,1-3H3,(H,36,43)(H,37,42)(H,35,38,39). The molecule has 13 heteroatoms. The van der Waals surface area contributed by atoms with Gasteiger partial charge in [0.2, 0.25) is 5.95 Å². The number of likely N-dealkylation sites (N-methyl/N-ethyl adjacent to an activating group) is 1. The minimum atomic E-state index is -0.964. The van der Waals surface area contributed by atoms with Gasteiger partial charge in [-0.15, -0.1) is 0 Å². The first-order chi connectivity index (χ1) is 20.5. The molecule has 9 nitrogen and oxygen atoms in total. The Hall–Kier alpha value is -5.04. The van der Waals surface area contributed by atoms with Crippen molar-refractivity contribution in [3.8, 4) is 11.3 Å². The van der Waals surface area contributed by atoms with Crippen LogP contribution in [0.1, 0.15) is 21.5 Å². The predicted molar refractivity (Wildman–Crippen MR) is 154 cm³/mol. The summed E-state index contributed by atoms with van der Waals surface area (Å²) < 4.78 is 57.2. The van der Waals surface area contributed by atoms with Crippen molar-refractivity contribution in [1.82, 2.24) is 20.2 Å². The zero-order chi connectivity index (χ0) is 30.8. The molecule has 1 aromatic heterocycles. The largest absolute Gasteiger partial charge is 0.353 e. The highest BCUT2D eigenvalue weighted by atomic mass is 19.1. The van der Waals surface area contributed by atoms with E-state index in [0.29, 0.717) is 41.5 Å². The summed E-state index contributed by atoms with van der Waals surface area (Å²) in [6.07, 6.45) is 0. The summed E-state index contributed by atoms with van der Waals surface area (Å²) in [6.45, 7) is 2.74. The monoisotopic (exact) mass is 593 g/mol. The number of aromatic nitrogens is 2. The van der Waals surface area contributed by atoms with Gasteiger partial charge in [0.25, 0.3) is 5.91 Å². The van der Waals surface area contributed by atoms with Crippen molar-refractivity contribution >= 4 is 35.1 Å². The van der Waals surface area contributed by atoms with Crippen molar-refractivity contribution in [3.63, 3.8) is 0 Å². The molecule has 0 unspecified atom stereocenters. The van der Waals surface area contributed by atoms with Gasteiger partial charge in [0.15, 0.2) is 5.82 Å². The number of hydrogen-bond donors (Lipinski definition) is 3. The molecule has 43 heavy (non-hydrogen) atoms. The molecule has 0 spiro atoms. The number of amides is 3. The Labute approximate surface area is 244 Å². The minimum Gasteiger partial charge on any atom is -0.353 e. The van der Waals surface area contributed by atoms with Crippen LogP contribution in [0.25, 0.3) is 11.3 Å². The molecular formula is C30H27F4N7O2. The summed E-state index contributed by atoms with van der Waals surface area (Å²) in [5.74, 6) is -4.20. The van der Waals surface area contributed by atoms with E-state index in [0.717, 1.165) is 29.2 Å². The SMILES string of the molecule is Cc1ccc(C(=O)Nc2cc(F)cc(F)c2)cc1-c1nc(NCCN(C)C)nc2c1CNC(=O)N2c1c(F)cccc1F. The highest BCUT2D eigenvalue weighted by Crippen LogP contribution is 2.39. The Morgan fingerprint density at radius 1 is 1.00 bits per heavy atom. The molecule has 0 bridgehead atoms. The van der Waals surface area contributed by atoms with Gasteiger partial charge in [-0.05, 0) is 63.0 Å². The van der Waals surface area contributed by atoms with Crippen molar-refractivity contribution in [2.75, 3.05) is 42.7 Å². The van der Waals surface area contributed by atoms with Crippen LogP contribution in [0.15, 0.2) is 54.6 Å². The van der Waals surface area contributed by atoms with Crippen molar-refractivity contribution in [1.29, 1.82) is 0 Å². The topological polar surface area (TPSA) is 102 Å². The lowest BCUT2D eigenvalue weighted by Gasteiger charge is -2.31. The van der Waals surface area contributed by atoms with Gasteiger partial charge in [0.1, 0.15) is 29.0 Å². The van der Waals surface area contributed by atoms with Crippen LogP contribution in [-0.2, 0) is 6.54 Å². The van der Waals surface area contributed by atoms with Crippen LogP contribution in [0.4, 0.5) is 45.5 Å². The number of aryl methyl sites for hydroxylation is 1. The van der Waals surface area contributed by atoms with Crippen molar-refractivity contribution < 1.29 is 27.2 Å². The van der Waals surface area contributed by atoms with E-state index >= 15 is 0 Å². The maximum Gasteiger partial charge on any atom is 0.328 e. The van der Waals surface area contributed by atoms with Crippen molar-refractivity contribution in [3.05, 3.63) is 94.6 Å². The number of nitrogens with one attached hydrogen (secondary N) is 3. The number of nitrogens with zero attached hydrogens (tertiary/aromatic N) is 4. The Kier molecular flexibility index (Phi) is 8.26. The van der Waals surface area contributed by atoms with E-state index in [1.807, 2.05) is 19.0 Å². The fourth-order valence-corrected chi connectivity index (χ4v) is 4.61. The second kappa shape index (κ2) is 12.1. The number of hydrogen-bond acceptors (Lipinski definition) is 6. The lowest BCUT2D eigenvalue weighted by atomic mass is 9.97. The van der Waals surface area contributed by atoms with Crippen LogP contribution in [0.2, 0.25) is 0 Å². The van der Waals surface area contributed by atoms with Gasteiger partial charge in [0.05, 0.1) is 12.2 Å². The van der Waals surface area contributed by atoms with E-state index in [1.54, 1.807) is 13.0 Å². The van der Waals surface area contributed by atoms with E-state index < -0.39 is 40.9 Å². The number of halogens is 4. The minimum absolute atomic E-state index is 0.0328. The molecule has 1 aliphatic rings. The molecule has 4 aromatic rings. The molecule has 0 aliphatic carbocycles. The summed E-state index contributed by atoms with van der Waals surface area (Å²) in [5, 5.41) is 8.20. The molecular weight excluding hydrogens is 566 g/mol. The summed E-state index contributed by atoms with van der Waals surface area (Å²) in [4.78, 5) is 38.1. The molecule has 1 aliphatic heterocycles. The van der Waals surface area contributed by atoms with Crippen LogP contribution in [0.5, 0.6) is 0 Å². The van der Waals surface area contributed by atoms with Gasteiger partial charge in [-0.25, -0.2) is 32.2 Å². The van der Waals surface area contributed by atoms with Crippen LogP contribution < -0.4 is 20.9 Å². The van der Waals surface area contributed by atoms with E-state index in [-0.39, 0.29) is 29.6 Å². The van der Waals surface area contributed by atoms with Gasteiger partial charge in [-0.2, -0.15) is 4.98 Å². The summed E-state index contributed by atoms with van der Waals surface area (Å²) in [7, 11) is 3.76. The average Bonchev–Trinajstić information content (AvgIpc) is 2.93. The van der Waals surface area contributed by atoms with Crippen LogP contribution in [0, 0.1) is 30.2 Å². The van der Waals surface area contributed by atoms with Gasteiger partial charge >= 0.3 is 6.03 Å². The molecule has 0 saturated carbocycles. The molecule has 3 aromatic carbocycles. The van der Waals surface area contributed by atoms with E-state index in [1.165, 1.54) is 18.2 Å². The Balaban J connectivity index is 1.63. The van der Waals surface area contributed by atoms with Gasteiger partial charge in [-0.1, -0.05) is 12.1 Å². The quantitative estimate of drug-likeness (QED) is 0.230.